The number of carbonyl (C=O) groups excluding carboxylic acids is 1. The minimum Gasteiger partial charge on any atom is -0.331 e. The predicted octanol–water partition coefficient (Wildman–Crippen LogP) is 1.75. The average molecular weight is 259 g/mol. The van der Waals surface area contributed by atoms with Crippen LogP contribution in [0.25, 0.3) is 0 Å². The van der Waals surface area contributed by atoms with E-state index in [0.29, 0.717) is 6.54 Å². The van der Waals surface area contributed by atoms with Crippen molar-refractivity contribution in [2.24, 2.45) is 5.73 Å². The van der Waals surface area contributed by atoms with Gasteiger partial charge in [-0.15, -0.1) is 0 Å². The first-order chi connectivity index (χ1) is 9.19. The summed E-state index contributed by atoms with van der Waals surface area (Å²) >= 11 is 0. The quantitative estimate of drug-likeness (QED) is 0.673. The van der Waals surface area contributed by atoms with Gasteiger partial charge < -0.3 is 16.4 Å². The summed E-state index contributed by atoms with van der Waals surface area (Å²) in [6.07, 6.45) is 3.43. The summed E-state index contributed by atoms with van der Waals surface area (Å²) in [5.41, 5.74) is 8.19. The summed E-state index contributed by atoms with van der Waals surface area (Å²) in [5, 5.41) is 12.1. The van der Waals surface area contributed by atoms with Crippen molar-refractivity contribution in [3.8, 4) is 0 Å². The van der Waals surface area contributed by atoms with Gasteiger partial charge in [0.1, 0.15) is 0 Å². The van der Waals surface area contributed by atoms with Crippen LogP contribution in [0.5, 0.6) is 0 Å². The Hall–Kier alpha value is -2.34. The molecule has 0 fully saturated rings. The fourth-order valence-corrected chi connectivity index (χ4v) is 1.67. The van der Waals surface area contributed by atoms with Gasteiger partial charge in [0.25, 0.3) is 0 Å². The van der Waals surface area contributed by atoms with Crippen LogP contribution in [0.4, 0.5) is 10.5 Å². The molecule has 100 valence electrons. The Kier molecular flexibility index (Phi) is 4.15. The lowest BCUT2D eigenvalue weighted by Crippen LogP contribution is -2.30. The summed E-state index contributed by atoms with van der Waals surface area (Å²) in [4.78, 5) is 11.8. The van der Waals surface area contributed by atoms with Crippen molar-refractivity contribution in [2.45, 2.75) is 19.5 Å². The lowest BCUT2D eigenvalue weighted by Gasteiger charge is -2.13. The van der Waals surface area contributed by atoms with Crippen LogP contribution in [0.2, 0.25) is 0 Å². The van der Waals surface area contributed by atoms with Crippen LogP contribution in [0.1, 0.15) is 24.1 Å². The zero-order valence-electron chi connectivity index (χ0n) is 10.7. The molecule has 1 unspecified atom stereocenters. The normalized spacial score (nSPS) is 11.9. The molecular weight excluding hydrogens is 242 g/mol. The number of nitrogens with two attached hydrogens (primary N) is 1. The minimum atomic E-state index is -0.255. The first-order valence-electron chi connectivity index (χ1n) is 6.04. The van der Waals surface area contributed by atoms with E-state index < -0.39 is 0 Å². The predicted molar refractivity (Wildman–Crippen MR) is 73.5 cm³/mol. The smallest absolute Gasteiger partial charge is 0.319 e. The lowest BCUT2D eigenvalue weighted by molar-refractivity contribution is 0.249. The van der Waals surface area contributed by atoms with Crippen molar-refractivity contribution in [2.75, 3.05) is 5.32 Å². The fourth-order valence-electron chi connectivity index (χ4n) is 1.67. The first-order valence-corrected chi connectivity index (χ1v) is 6.04. The third-order valence-electron chi connectivity index (χ3n) is 2.81. The van der Waals surface area contributed by atoms with Crippen LogP contribution in [-0.2, 0) is 6.54 Å². The fraction of sp³-hybridized carbons (Fsp3) is 0.231. The van der Waals surface area contributed by atoms with Crippen LogP contribution in [0.15, 0.2) is 36.7 Å². The molecule has 6 nitrogen and oxygen atoms in total. The molecule has 0 saturated heterocycles. The molecular formula is C13H17N5O. The summed E-state index contributed by atoms with van der Waals surface area (Å²) in [7, 11) is 0. The molecule has 5 N–H and O–H groups in total. The molecule has 2 rings (SSSR count). The maximum Gasteiger partial charge on any atom is 0.319 e. The second-order valence-corrected chi connectivity index (χ2v) is 4.25. The average Bonchev–Trinajstić information content (AvgIpc) is 2.93. The largest absolute Gasteiger partial charge is 0.331 e. The topological polar surface area (TPSA) is 95.8 Å². The van der Waals surface area contributed by atoms with Gasteiger partial charge in [-0.25, -0.2) is 4.79 Å². The molecule has 2 amide bonds. The number of hydrogen-bond donors (Lipinski definition) is 4. The number of H-pyrrole nitrogens is 1. The SMILES string of the molecule is CC(NC(=O)Nc1ccc(CN)cc1)c1cn[nH]c1. The summed E-state index contributed by atoms with van der Waals surface area (Å²) in [6, 6.07) is 7.05. The zero-order valence-corrected chi connectivity index (χ0v) is 10.7. The molecule has 6 heteroatoms. The van der Waals surface area contributed by atoms with Gasteiger partial charge in [-0.1, -0.05) is 12.1 Å². The number of nitrogens with one attached hydrogen (secondary N) is 3. The summed E-state index contributed by atoms with van der Waals surface area (Å²) < 4.78 is 0. The molecule has 0 aliphatic carbocycles. The van der Waals surface area contributed by atoms with Crippen LogP contribution in [0, 0.1) is 0 Å². The summed E-state index contributed by atoms with van der Waals surface area (Å²) in [5.74, 6) is 0. The molecule has 2 aromatic rings. The van der Waals surface area contributed by atoms with E-state index in [1.807, 2.05) is 31.2 Å². The molecule has 0 spiro atoms. The maximum atomic E-state index is 11.8. The van der Waals surface area contributed by atoms with Crippen LogP contribution < -0.4 is 16.4 Å². The van der Waals surface area contributed by atoms with E-state index in [0.717, 1.165) is 16.8 Å². The number of carbonyl (C=O) groups is 1. The van der Waals surface area contributed by atoms with Crippen LogP contribution in [0.3, 0.4) is 0 Å². The highest BCUT2D eigenvalue weighted by molar-refractivity contribution is 5.89. The van der Waals surface area contributed by atoms with Crippen molar-refractivity contribution >= 4 is 11.7 Å². The Labute approximate surface area is 111 Å². The number of aromatic nitrogens is 2. The standard InChI is InChI=1S/C13H17N5O/c1-9(11-7-15-16-8-11)17-13(19)18-12-4-2-10(6-14)3-5-12/h2-5,7-9H,6,14H2,1H3,(H,15,16)(H2,17,18,19). The van der Waals surface area contributed by atoms with Gasteiger partial charge in [-0.2, -0.15) is 5.10 Å². The van der Waals surface area contributed by atoms with Crippen molar-refractivity contribution in [3.63, 3.8) is 0 Å². The highest BCUT2D eigenvalue weighted by atomic mass is 16.2. The van der Waals surface area contributed by atoms with Gasteiger partial charge in [0.05, 0.1) is 12.2 Å². The number of hydrogen-bond acceptors (Lipinski definition) is 3. The molecule has 0 aliphatic heterocycles. The van der Waals surface area contributed by atoms with E-state index in [2.05, 4.69) is 20.8 Å². The highest BCUT2D eigenvalue weighted by Gasteiger charge is 2.10. The zero-order chi connectivity index (χ0) is 13.7. The van der Waals surface area contributed by atoms with Crippen molar-refractivity contribution in [1.82, 2.24) is 15.5 Å². The third-order valence-corrected chi connectivity index (χ3v) is 2.81. The van der Waals surface area contributed by atoms with Gasteiger partial charge in [0.15, 0.2) is 0 Å². The number of urea groups is 1. The number of anilines is 1. The Morgan fingerprint density at radius 3 is 2.74 bits per heavy atom. The lowest BCUT2D eigenvalue weighted by atomic mass is 10.2. The number of amides is 2. The molecule has 1 aromatic heterocycles. The van der Waals surface area contributed by atoms with Crippen molar-refractivity contribution in [3.05, 3.63) is 47.8 Å². The highest BCUT2D eigenvalue weighted by Crippen LogP contribution is 2.11. The van der Waals surface area contributed by atoms with Crippen molar-refractivity contribution in [1.29, 1.82) is 0 Å². The van der Waals surface area contributed by atoms with Crippen molar-refractivity contribution < 1.29 is 4.79 Å². The van der Waals surface area contributed by atoms with E-state index in [4.69, 9.17) is 5.73 Å². The Bertz CT molecular complexity index is 520. The molecule has 0 bridgehead atoms. The Morgan fingerprint density at radius 1 is 1.42 bits per heavy atom. The molecule has 1 aromatic carbocycles. The second kappa shape index (κ2) is 6.01. The number of benzene rings is 1. The van der Waals surface area contributed by atoms with Crippen LogP contribution >= 0.6 is 0 Å². The van der Waals surface area contributed by atoms with Crippen LogP contribution in [-0.4, -0.2) is 16.2 Å². The van der Waals surface area contributed by atoms with Gasteiger partial charge >= 0.3 is 6.03 Å². The number of rotatable bonds is 4. The number of nitrogens with zero attached hydrogens (tertiary/aromatic N) is 1. The van der Waals surface area contributed by atoms with Gasteiger partial charge in [0.2, 0.25) is 0 Å². The molecule has 19 heavy (non-hydrogen) atoms. The minimum absolute atomic E-state index is 0.109. The second-order valence-electron chi connectivity index (χ2n) is 4.25. The van der Waals surface area contributed by atoms with E-state index in [-0.39, 0.29) is 12.1 Å². The first kappa shape index (κ1) is 13.1. The molecule has 1 heterocycles. The molecule has 0 aliphatic rings. The molecule has 1 atom stereocenters. The summed E-state index contributed by atoms with van der Waals surface area (Å²) in [6.45, 7) is 2.38. The van der Waals surface area contributed by atoms with E-state index in [1.54, 1.807) is 12.4 Å². The number of aromatic amines is 1. The van der Waals surface area contributed by atoms with E-state index in [9.17, 15) is 4.79 Å². The molecule has 0 radical (unpaired) electrons. The third kappa shape index (κ3) is 3.56. The molecule has 0 saturated carbocycles. The Balaban J connectivity index is 1.90. The van der Waals surface area contributed by atoms with E-state index in [1.165, 1.54) is 0 Å². The Morgan fingerprint density at radius 2 is 2.16 bits per heavy atom. The maximum absolute atomic E-state index is 11.8. The van der Waals surface area contributed by atoms with Gasteiger partial charge in [0, 0.05) is 24.0 Å². The van der Waals surface area contributed by atoms with Gasteiger partial charge in [-0.3, -0.25) is 5.10 Å². The monoisotopic (exact) mass is 259 g/mol. The van der Waals surface area contributed by atoms with E-state index >= 15 is 0 Å². The van der Waals surface area contributed by atoms with Gasteiger partial charge in [-0.05, 0) is 24.6 Å².